The second kappa shape index (κ2) is 6.20. The van der Waals surface area contributed by atoms with Gasteiger partial charge >= 0.3 is 0 Å². The van der Waals surface area contributed by atoms with E-state index < -0.39 is 0 Å². The maximum Gasteiger partial charge on any atom is 0.242 e. The Balaban J connectivity index is 1.34. The molecule has 4 rings (SSSR count). The first-order valence-electron chi connectivity index (χ1n) is 8.88. The molecule has 0 bridgehead atoms. The van der Waals surface area contributed by atoms with Crippen molar-refractivity contribution in [2.24, 2.45) is 11.8 Å². The van der Waals surface area contributed by atoms with Gasteiger partial charge in [-0.2, -0.15) is 0 Å². The van der Waals surface area contributed by atoms with Gasteiger partial charge in [-0.3, -0.25) is 9.59 Å². The lowest BCUT2D eigenvalue weighted by molar-refractivity contribution is -0.137. The zero-order chi connectivity index (χ0) is 16.7. The molecule has 1 aromatic carbocycles. The average Bonchev–Trinajstić information content (AvgIpc) is 3.21. The zero-order valence-electron chi connectivity index (χ0n) is 13.8. The fourth-order valence-electron chi connectivity index (χ4n) is 4.61. The number of benzene rings is 1. The molecule has 3 aliphatic rings. The van der Waals surface area contributed by atoms with Gasteiger partial charge in [0, 0.05) is 32.0 Å². The number of carbonyl (C=O) groups excluding carboxylic acids is 2. The summed E-state index contributed by atoms with van der Waals surface area (Å²) in [4.78, 5) is 28.4. The van der Waals surface area contributed by atoms with Crippen molar-refractivity contribution < 1.29 is 14.7 Å². The van der Waals surface area contributed by atoms with Crippen molar-refractivity contribution in [2.75, 3.05) is 26.2 Å². The Kier molecular flexibility index (Phi) is 4.04. The lowest BCUT2D eigenvalue weighted by Gasteiger charge is -2.22. The molecule has 4 atom stereocenters. The molecule has 0 spiro atoms. The molecule has 1 N–H and O–H groups in total. The number of aliphatic hydroxyl groups excluding tert-OH is 1. The van der Waals surface area contributed by atoms with E-state index in [2.05, 4.69) is 12.1 Å². The summed E-state index contributed by atoms with van der Waals surface area (Å²) in [6, 6.07) is 10.1. The van der Waals surface area contributed by atoms with Crippen LogP contribution in [-0.4, -0.2) is 59.0 Å². The zero-order valence-corrected chi connectivity index (χ0v) is 13.8. The minimum absolute atomic E-state index is 0.0564. The topological polar surface area (TPSA) is 60.9 Å². The molecule has 1 saturated carbocycles. The number of hydrogen-bond donors (Lipinski definition) is 1. The molecule has 128 valence electrons. The van der Waals surface area contributed by atoms with Crippen LogP contribution in [0.4, 0.5) is 0 Å². The van der Waals surface area contributed by atoms with E-state index in [0.717, 1.165) is 25.9 Å². The number of nitrogens with zero attached hydrogens (tertiary/aromatic N) is 2. The molecular formula is C19H24N2O3. The van der Waals surface area contributed by atoms with Crippen LogP contribution in [0.25, 0.3) is 0 Å². The van der Waals surface area contributed by atoms with Crippen molar-refractivity contribution in [3.8, 4) is 0 Å². The Bertz CT molecular complexity index is 619. The molecule has 0 aromatic heterocycles. The minimum atomic E-state index is -0.191. The molecular weight excluding hydrogens is 304 g/mol. The van der Waals surface area contributed by atoms with Crippen molar-refractivity contribution in [1.82, 2.24) is 9.80 Å². The Labute approximate surface area is 142 Å². The van der Waals surface area contributed by atoms with Crippen LogP contribution in [0, 0.1) is 11.8 Å². The molecule has 5 nitrogen and oxygen atoms in total. The summed E-state index contributed by atoms with van der Waals surface area (Å²) >= 11 is 0. The van der Waals surface area contributed by atoms with E-state index in [1.54, 1.807) is 4.90 Å². The summed E-state index contributed by atoms with van der Waals surface area (Å²) in [5, 5.41) is 9.71. The van der Waals surface area contributed by atoms with E-state index >= 15 is 0 Å². The SMILES string of the molecule is O=C1CC(c2ccccc2)CN1CC(=O)N1C[C@H]2CC(O)C[C@H]2C1. The minimum Gasteiger partial charge on any atom is -0.393 e. The van der Waals surface area contributed by atoms with E-state index in [-0.39, 0.29) is 30.4 Å². The monoisotopic (exact) mass is 328 g/mol. The maximum absolute atomic E-state index is 12.6. The summed E-state index contributed by atoms with van der Waals surface area (Å²) in [5.41, 5.74) is 1.17. The molecule has 5 heteroatoms. The third-order valence-electron chi connectivity index (χ3n) is 5.89. The van der Waals surface area contributed by atoms with Crippen LogP contribution in [0.3, 0.4) is 0 Å². The smallest absolute Gasteiger partial charge is 0.242 e. The molecule has 24 heavy (non-hydrogen) atoms. The molecule has 0 radical (unpaired) electrons. The van der Waals surface area contributed by atoms with Crippen molar-refractivity contribution in [2.45, 2.75) is 31.3 Å². The van der Waals surface area contributed by atoms with Crippen LogP contribution >= 0.6 is 0 Å². The maximum atomic E-state index is 12.6. The molecule has 2 aliphatic heterocycles. The number of carbonyl (C=O) groups is 2. The number of amides is 2. The summed E-state index contributed by atoms with van der Waals surface area (Å²) in [7, 11) is 0. The average molecular weight is 328 g/mol. The van der Waals surface area contributed by atoms with E-state index in [9.17, 15) is 14.7 Å². The highest BCUT2D eigenvalue weighted by atomic mass is 16.3. The highest BCUT2D eigenvalue weighted by Crippen LogP contribution is 2.38. The third kappa shape index (κ3) is 2.93. The van der Waals surface area contributed by atoms with Crippen LogP contribution < -0.4 is 0 Å². The van der Waals surface area contributed by atoms with Gasteiger partial charge in [0.25, 0.3) is 0 Å². The summed E-state index contributed by atoms with van der Waals surface area (Å²) in [6.07, 6.45) is 1.93. The van der Waals surface area contributed by atoms with Gasteiger partial charge in [0.05, 0.1) is 12.6 Å². The van der Waals surface area contributed by atoms with Crippen LogP contribution in [-0.2, 0) is 9.59 Å². The predicted octanol–water partition coefficient (Wildman–Crippen LogP) is 1.23. The first-order chi connectivity index (χ1) is 11.6. The number of rotatable bonds is 3. The van der Waals surface area contributed by atoms with Gasteiger partial charge in [0.1, 0.15) is 0 Å². The number of hydrogen-bond acceptors (Lipinski definition) is 3. The Morgan fingerprint density at radius 3 is 2.42 bits per heavy atom. The number of aliphatic hydroxyl groups is 1. The van der Waals surface area contributed by atoms with Crippen LogP contribution in [0.1, 0.15) is 30.7 Å². The lowest BCUT2D eigenvalue weighted by atomic mass is 9.99. The molecule has 2 heterocycles. The van der Waals surface area contributed by atoms with Gasteiger partial charge in [-0.15, -0.1) is 0 Å². The van der Waals surface area contributed by atoms with Crippen LogP contribution in [0.5, 0.6) is 0 Å². The number of fused-ring (bicyclic) bond motifs is 1. The van der Waals surface area contributed by atoms with E-state index in [4.69, 9.17) is 0 Å². The van der Waals surface area contributed by atoms with Crippen LogP contribution in [0.2, 0.25) is 0 Å². The molecule has 2 amide bonds. The van der Waals surface area contributed by atoms with Crippen molar-refractivity contribution in [1.29, 1.82) is 0 Å². The Morgan fingerprint density at radius 1 is 1.08 bits per heavy atom. The number of likely N-dealkylation sites (tertiary alicyclic amines) is 2. The molecule has 2 unspecified atom stereocenters. The summed E-state index contributed by atoms with van der Waals surface area (Å²) in [5.74, 6) is 1.21. The first-order valence-corrected chi connectivity index (χ1v) is 8.88. The second-order valence-corrected chi connectivity index (χ2v) is 7.53. The quantitative estimate of drug-likeness (QED) is 0.908. The largest absolute Gasteiger partial charge is 0.393 e. The van der Waals surface area contributed by atoms with Gasteiger partial charge < -0.3 is 14.9 Å². The summed E-state index contributed by atoms with van der Waals surface area (Å²) in [6.45, 7) is 2.31. The fraction of sp³-hybridized carbons (Fsp3) is 0.579. The molecule has 1 aliphatic carbocycles. The first kappa shape index (κ1) is 15.6. The Hall–Kier alpha value is -1.88. The molecule has 2 saturated heterocycles. The van der Waals surface area contributed by atoms with Gasteiger partial charge in [-0.25, -0.2) is 0 Å². The van der Waals surface area contributed by atoms with E-state index in [1.807, 2.05) is 23.1 Å². The van der Waals surface area contributed by atoms with Gasteiger partial charge in [-0.05, 0) is 30.2 Å². The second-order valence-electron chi connectivity index (χ2n) is 7.53. The standard InChI is InChI=1S/C19H24N2O3/c22-17-6-14-9-20(10-15(14)7-17)19(24)12-21-11-16(8-18(21)23)13-4-2-1-3-5-13/h1-5,14-17,22H,6-12H2/t14-,15+,16?,17?. The van der Waals surface area contributed by atoms with Gasteiger partial charge in [-0.1, -0.05) is 30.3 Å². The van der Waals surface area contributed by atoms with E-state index in [0.29, 0.717) is 24.8 Å². The van der Waals surface area contributed by atoms with Crippen molar-refractivity contribution in [3.63, 3.8) is 0 Å². The van der Waals surface area contributed by atoms with Crippen molar-refractivity contribution in [3.05, 3.63) is 35.9 Å². The summed E-state index contributed by atoms with van der Waals surface area (Å²) < 4.78 is 0. The van der Waals surface area contributed by atoms with Crippen molar-refractivity contribution >= 4 is 11.8 Å². The lowest BCUT2D eigenvalue weighted by Crippen LogP contribution is -2.40. The predicted molar refractivity (Wildman–Crippen MR) is 89.2 cm³/mol. The van der Waals surface area contributed by atoms with Gasteiger partial charge in [0.15, 0.2) is 0 Å². The van der Waals surface area contributed by atoms with Crippen LogP contribution in [0.15, 0.2) is 30.3 Å². The molecule has 3 fully saturated rings. The fourth-order valence-corrected chi connectivity index (χ4v) is 4.61. The normalized spacial score (nSPS) is 32.5. The highest BCUT2D eigenvalue weighted by molar-refractivity contribution is 5.86. The Morgan fingerprint density at radius 2 is 1.75 bits per heavy atom. The molecule has 1 aromatic rings. The van der Waals surface area contributed by atoms with E-state index in [1.165, 1.54) is 5.56 Å². The third-order valence-corrected chi connectivity index (χ3v) is 5.89. The highest BCUT2D eigenvalue weighted by Gasteiger charge is 2.42. The van der Waals surface area contributed by atoms with Gasteiger partial charge in [0.2, 0.25) is 11.8 Å².